The van der Waals surface area contributed by atoms with Gasteiger partial charge in [-0.05, 0) is 38.5 Å². The summed E-state index contributed by atoms with van der Waals surface area (Å²) >= 11 is 0. The molecule has 10 nitrogen and oxygen atoms in total. The molecular weight excluding hydrogens is 739 g/mol. The van der Waals surface area contributed by atoms with Gasteiger partial charge in [0.2, 0.25) is 5.91 Å². The smallest absolute Gasteiger partial charge is 0.391 e. The molecule has 0 saturated carbocycles. The van der Waals surface area contributed by atoms with Gasteiger partial charge in [0.25, 0.3) is 0 Å². The molecule has 0 aromatic carbocycles. The fourth-order valence-electron chi connectivity index (χ4n) is 5.84. The second-order valence-corrected chi connectivity index (χ2v) is 17.5. The van der Waals surface area contributed by atoms with Crippen molar-refractivity contribution >= 4 is 13.7 Å². The van der Waals surface area contributed by atoms with E-state index >= 15 is 0 Å². The van der Waals surface area contributed by atoms with Gasteiger partial charge in [0.1, 0.15) is 13.2 Å². The fraction of sp³-hybridized carbons (Fsp3) is 0.717. The Morgan fingerprint density at radius 2 is 1.28 bits per heavy atom. The zero-order valence-electron chi connectivity index (χ0n) is 36.5. The molecule has 330 valence electrons. The Kier molecular flexibility index (Phi) is 35.5. The van der Waals surface area contributed by atoms with Crippen molar-refractivity contribution in [3.8, 4) is 0 Å². The summed E-state index contributed by atoms with van der Waals surface area (Å²) in [5.74, 6) is -0.286. The molecule has 0 aliphatic carbocycles. The minimum atomic E-state index is -4.37. The Hall–Kier alpha value is -2.14. The molecule has 5 atom stereocenters. The predicted octanol–water partition coefficient (Wildman–Crippen LogP) is 9.96. The van der Waals surface area contributed by atoms with Crippen LogP contribution < -0.4 is 5.32 Å². The van der Waals surface area contributed by atoms with E-state index in [9.17, 15) is 29.6 Å². The molecule has 0 radical (unpaired) electrons. The molecule has 0 saturated heterocycles. The number of rotatable bonds is 38. The Morgan fingerprint density at radius 1 is 0.702 bits per heavy atom. The minimum Gasteiger partial charge on any atom is -0.391 e. The number of unbranched alkanes of at least 4 members (excludes halogenated alkanes) is 14. The zero-order chi connectivity index (χ0) is 42.5. The summed E-state index contributed by atoms with van der Waals surface area (Å²) in [5.41, 5.74) is 0. The summed E-state index contributed by atoms with van der Waals surface area (Å²) in [7, 11) is 1.47. The van der Waals surface area contributed by atoms with Crippen LogP contribution in [0, 0.1) is 0 Å². The molecular formula is C46H84N2O8P+. The highest BCUT2D eigenvalue weighted by Crippen LogP contribution is 2.43. The van der Waals surface area contributed by atoms with Gasteiger partial charge in [0.05, 0.1) is 52.1 Å². The lowest BCUT2D eigenvalue weighted by Gasteiger charge is -2.26. The summed E-state index contributed by atoms with van der Waals surface area (Å²) in [6.07, 6.45) is 41.4. The van der Waals surface area contributed by atoms with Gasteiger partial charge in [-0.2, -0.15) is 0 Å². The number of phosphoric ester groups is 1. The third-order valence-electron chi connectivity index (χ3n) is 9.39. The van der Waals surface area contributed by atoms with E-state index in [-0.39, 0.29) is 25.5 Å². The van der Waals surface area contributed by atoms with Crippen molar-refractivity contribution in [1.82, 2.24) is 5.32 Å². The molecule has 1 amide bonds. The topological polar surface area (TPSA) is 146 Å². The van der Waals surface area contributed by atoms with E-state index in [2.05, 4.69) is 19.2 Å². The van der Waals surface area contributed by atoms with E-state index < -0.39 is 32.2 Å². The number of likely N-dealkylation sites (N-methyl/N-ethyl adjacent to an activating group) is 1. The van der Waals surface area contributed by atoms with Crippen molar-refractivity contribution in [3.05, 3.63) is 72.9 Å². The van der Waals surface area contributed by atoms with Gasteiger partial charge in [-0.15, -0.1) is 0 Å². The summed E-state index contributed by atoms with van der Waals surface area (Å²) in [4.78, 5) is 23.1. The van der Waals surface area contributed by atoms with Crippen LogP contribution in [-0.4, -0.2) is 95.9 Å². The monoisotopic (exact) mass is 824 g/mol. The first-order valence-corrected chi connectivity index (χ1v) is 23.5. The normalized spacial score (nSPS) is 16.2. The van der Waals surface area contributed by atoms with Gasteiger partial charge >= 0.3 is 7.82 Å². The van der Waals surface area contributed by atoms with Crippen LogP contribution in [-0.2, 0) is 18.4 Å². The Morgan fingerprint density at radius 3 is 1.86 bits per heavy atom. The largest absolute Gasteiger partial charge is 0.472 e. The first-order chi connectivity index (χ1) is 27.3. The van der Waals surface area contributed by atoms with Crippen LogP contribution in [0.4, 0.5) is 0 Å². The SMILES string of the molecule is CC/C=C\C[C@H](O)/C=C/C=C\C/C=C\C=C\[C@H](O)/C=C\CCCC(=O)N[C@@H](COP(=O)(O)OCC[N+](C)(C)C)[C@H](O)CCCCCCCCCCCCCCCC. The number of hydrogen-bond acceptors (Lipinski definition) is 7. The van der Waals surface area contributed by atoms with Crippen molar-refractivity contribution in [2.24, 2.45) is 0 Å². The lowest BCUT2D eigenvalue weighted by molar-refractivity contribution is -0.870. The van der Waals surface area contributed by atoms with Gasteiger partial charge < -0.3 is 30.0 Å². The van der Waals surface area contributed by atoms with E-state index in [1.807, 2.05) is 69.8 Å². The van der Waals surface area contributed by atoms with E-state index in [1.54, 1.807) is 24.3 Å². The van der Waals surface area contributed by atoms with Gasteiger partial charge in [-0.1, -0.05) is 177 Å². The number of nitrogens with zero attached hydrogens (tertiary/aromatic N) is 1. The standard InChI is InChI=1S/C46H83N2O8P/c1-6-8-10-11-12-13-14-15-16-17-18-22-25-31-37-45(51)44(41-56-57(53,54)55-40-39-48(3,4)5)47-46(52)38-32-26-30-36-43(50)35-29-24-21-19-20-23-28-34-42(49)33-27-9-7-2/h9,20-21,23-24,27-30,34-36,42-45,49-51H,6-8,10-19,22,25-26,31-33,37-41H2,1-5H3,(H-,47,52,53,54)/p+1/b23-20-,24-21-,27-9-,34-28+,35-29+,36-30-/t42-,43-,44-,45+/m0/s1. The quantitative estimate of drug-likeness (QED) is 0.0136. The van der Waals surface area contributed by atoms with Gasteiger partial charge in [0.15, 0.2) is 0 Å². The maximum absolute atomic E-state index is 12.9. The number of nitrogens with one attached hydrogen (secondary N) is 1. The maximum atomic E-state index is 12.9. The van der Waals surface area contributed by atoms with Crippen molar-refractivity contribution in [2.45, 2.75) is 173 Å². The van der Waals surface area contributed by atoms with Crippen LogP contribution in [0.25, 0.3) is 0 Å². The van der Waals surface area contributed by atoms with Crippen LogP contribution in [0.2, 0.25) is 0 Å². The lowest BCUT2D eigenvalue weighted by Crippen LogP contribution is -2.46. The second kappa shape index (κ2) is 36.9. The van der Waals surface area contributed by atoms with Crippen LogP contribution in [0.15, 0.2) is 72.9 Å². The van der Waals surface area contributed by atoms with Crippen LogP contribution in [0.3, 0.4) is 0 Å². The number of allylic oxidation sites excluding steroid dienone is 8. The van der Waals surface area contributed by atoms with Gasteiger partial charge in [0, 0.05) is 6.42 Å². The molecule has 0 bridgehead atoms. The van der Waals surface area contributed by atoms with Crippen molar-refractivity contribution in [1.29, 1.82) is 0 Å². The number of amides is 1. The molecule has 0 aromatic heterocycles. The highest BCUT2D eigenvalue weighted by atomic mass is 31.2. The highest BCUT2D eigenvalue weighted by Gasteiger charge is 2.28. The number of phosphoric acid groups is 1. The fourth-order valence-corrected chi connectivity index (χ4v) is 6.58. The summed E-state index contributed by atoms with van der Waals surface area (Å²) in [6.45, 7) is 4.51. The van der Waals surface area contributed by atoms with Crippen LogP contribution >= 0.6 is 7.82 Å². The average Bonchev–Trinajstić information content (AvgIpc) is 3.15. The zero-order valence-corrected chi connectivity index (χ0v) is 37.4. The number of hydrogen-bond donors (Lipinski definition) is 5. The number of quaternary nitrogens is 1. The van der Waals surface area contributed by atoms with Gasteiger partial charge in [-0.25, -0.2) is 4.57 Å². The van der Waals surface area contributed by atoms with E-state index in [4.69, 9.17) is 9.05 Å². The highest BCUT2D eigenvalue weighted by molar-refractivity contribution is 7.47. The number of carbonyl (C=O) groups excluding carboxylic acids is 1. The van der Waals surface area contributed by atoms with E-state index in [1.165, 1.54) is 70.6 Å². The van der Waals surface area contributed by atoms with Crippen molar-refractivity contribution < 1.29 is 43.1 Å². The molecule has 0 rings (SSSR count). The lowest BCUT2D eigenvalue weighted by atomic mass is 10.0. The van der Waals surface area contributed by atoms with E-state index in [0.29, 0.717) is 36.7 Å². The predicted molar refractivity (Wildman–Crippen MR) is 238 cm³/mol. The summed E-state index contributed by atoms with van der Waals surface area (Å²) < 4.78 is 23.5. The van der Waals surface area contributed by atoms with Crippen LogP contribution in [0.5, 0.6) is 0 Å². The van der Waals surface area contributed by atoms with Crippen molar-refractivity contribution in [2.75, 3.05) is 40.9 Å². The molecule has 5 N–H and O–H groups in total. The number of carbonyl (C=O) groups is 1. The molecule has 0 aliphatic rings. The number of aliphatic hydroxyl groups is 3. The molecule has 0 spiro atoms. The second-order valence-electron chi connectivity index (χ2n) is 16.1. The molecule has 11 heteroatoms. The number of aliphatic hydroxyl groups excluding tert-OH is 3. The van der Waals surface area contributed by atoms with Crippen LogP contribution in [0.1, 0.15) is 149 Å². The average molecular weight is 824 g/mol. The molecule has 1 unspecified atom stereocenters. The third-order valence-corrected chi connectivity index (χ3v) is 10.4. The molecule has 0 aliphatic heterocycles. The molecule has 57 heavy (non-hydrogen) atoms. The molecule has 0 fully saturated rings. The summed E-state index contributed by atoms with van der Waals surface area (Å²) in [5, 5.41) is 33.9. The van der Waals surface area contributed by atoms with Gasteiger partial charge in [-0.3, -0.25) is 13.8 Å². The Balaban J connectivity index is 4.67. The molecule has 0 heterocycles. The third kappa shape index (κ3) is 39.1. The Labute approximate surface area is 348 Å². The molecule has 0 aromatic rings. The summed E-state index contributed by atoms with van der Waals surface area (Å²) in [6, 6.07) is -0.852. The van der Waals surface area contributed by atoms with Crippen molar-refractivity contribution in [3.63, 3.8) is 0 Å². The van der Waals surface area contributed by atoms with E-state index in [0.717, 1.165) is 32.1 Å². The first-order valence-electron chi connectivity index (χ1n) is 22.0. The maximum Gasteiger partial charge on any atom is 0.472 e. The first kappa shape index (κ1) is 54.9. The minimum absolute atomic E-state index is 0.0329. The Bertz CT molecular complexity index is 1190.